The molecule has 0 bridgehead atoms. The van der Waals surface area contributed by atoms with Crippen molar-refractivity contribution in [1.29, 1.82) is 0 Å². The fourth-order valence-electron chi connectivity index (χ4n) is 2.14. The monoisotopic (exact) mass is 300 g/mol. The first-order valence-electron chi connectivity index (χ1n) is 7.26. The zero-order valence-electron chi connectivity index (χ0n) is 13.2. The zero-order chi connectivity index (χ0) is 16.3. The second kappa shape index (κ2) is 6.56. The number of carbonyl (C=O) groups is 2. The number of esters is 1. The molecule has 1 heterocycles. The summed E-state index contributed by atoms with van der Waals surface area (Å²) in [7, 11) is 1.51. The highest BCUT2D eigenvalue weighted by molar-refractivity contribution is 6.04. The lowest BCUT2D eigenvalue weighted by molar-refractivity contribution is -0.128. The Hall–Kier alpha value is -2.43. The molecule has 0 unspecified atom stereocenters. The molecular weight excluding hydrogens is 280 g/mol. The molecule has 0 aliphatic carbocycles. The standard InChI is InChI=1S/C17H20N2O3/c1-10(2)15-9-13(12-7-5-6-8-14(12)19-15)17(21)22-11(3)16(20)18-4/h5-11H,1-4H3,(H,18,20)/t11-/m0/s1. The number of amides is 1. The summed E-state index contributed by atoms with van der Waals surface area (Å²) < 4.78 is 5.25. The van der Waals surface area contributed by atoms with Crippen LogP contribution in [0.2, 0.25) is 0 Å². The number of fused-ring (bicyclic) bond motifs is 1. The first-order chi connectivity index (χ1) is 10.4. The Kier molecular flexibility index (Phi) is 4.75. The maximum Gasteiger partial charge on any atom is 0.339 e. The molecule has 116 valence electrons. The van der Waals surface area contributed by atoms with Gasteiger partial charge in [-0.15, -0.1) is 0 Å². The Balaban J connectivity index is 2.44. The van der Waals surface area contributed by atoms with Gasteiger partial charge in [0.15, 0.2) is 6.10 Å². The van der Waals surface area contributed by atoms with Crippen LogP contribution in [0.25, 0.3) is 10.9 Å². The van der Waals surface area contributed by atoms with Crippen LogP contribution in [0, 0.1) is 0 Å². The van der Waals surface area contributed by atoms with E-state index in [2.05, 4.69) is 10.3 Å². The number of benzene rings is 1. The van der Waals surface area contributed by atoms with Crippen molar-refractivity contribution in [3.8, 4) is 0 Å². The molecule has 2 aromatic rings. The third-order valence-electron chi connectivity index (χ3n) is 3.45. The molecule has 1 aromatic carbocycles. The summed E-state index contributed by atoms with van der Waals surface area (Å²) in [5.41, 5.74) is 2.00. The molecule has 0 saturated carbocycles. The fraction of sp³-hybridized carbons (Fsp3) is 0.353. The molecule has 1 atom stereocenters. The quantitative estimate of drug-likeness (QED) is 0.881. The summed E-state index contributed by atoms with van der Waals surface area (Å²) in [4.78, 5) is 28.5. The molecule has 2 rings (SSSR count). The first-order valence-corrected chi connectivity index (χ1v) is 7.26. The van der Waals surface area contributed by atoms with Crippen LogP contribution >= 0.6 is 0 Å². The van der Waals surface area contributed by atoms with Crippen molar-refractivity contribution < 1.29 is 14.3 Å². The van der Waals surface area contributed by atoms with Crippen molar-refractivity contribution in [2.45, 2.75) is 32.8 Å². The number of pyridine rings is 1. The average Bonchev–Trinajstić information content (AvgIpc) is 2.52. The van der Waals surface area contributed by atoms with Gasteiger partial charge in [0.25, 0.3) is 5.91 Å². The lowest BCUT2D eigenvalue weighted by Crippen LogP contribution is -2.33. The van der Waals surface area contributed by atoms with Gasteiger partial charge in [0, 0.05) is 18.1 Å². The zero-order valence-corrected chi connectivity index (χ0v) is 13.2. The number of hydrogen-bond donors (Lipinski definition) is 1. The van der Waals surface area contributed by atoms with Gasteiger partial charge < -0.3 is 10.1 Å². The van der Waals surface area contributed by atoms with E-state index in [9.17, 15) is 9.59 Å². The van der Waals surface area contributed by atoms with Gasteiger partial charge in [0.05, 0.1) is 11.1 Å². The number of nitrogens with zero attached hydrogens (tertiary/aromatic N) is 1. The molecule has 5 nitrogen and oxygen atoms in total. The highest BCUT2D eigenvalue weighted by atomic mass is 16.5. The second-order valence-corrected chi connectivity index (χ2v) is 5.43. The summed E-state index contributed by atoms with van der Waals surface area (Å²) >= 11 is 0. The minimum atomic E-state index is -0.841. The molecule has 0 aliphatic rings. The average molecular weight is 300 g/mol. The van der Waals surface area contributed by atoms with Crippen LogP contribution in [-0.2, 0) is 9.53 Å². The van der Waals surface area contributed by atoms with Gasteiger partial charge >= 0.3 is 5.97 Å². The van der Waals surface area contributed by atoms with Crippen LogP contribution in [-0.4, -0.2) is 30.0 Å². The van der Waals surface area contributed by atoms with Crippen LogP contribution in [0.5, 0.6) is 0 Å². The van der Waals surface area contributed by atoms with E-state index in [0.29, 0.717) is 5.56 Å². The number of aromatic nitrogens is 1. The van der Waals surface area contributed by atoms with E-state index >= 15 is 0 Å². The molecule has 22 heavy (non-hydrogen) atoms. The third kappa shape index (κ3) is 3.24. The summed E-state index contributed by atoms with van der Waals surface area (Å²) in [6, 6.07) is 9.15. The number of nitrogens with one attached hydrogen (secondary N) is 1. The molecule has 0 aliphatic heterocycles. The van der Waals surface area contributed by atoms with E-state index in [1.165, 1.54) is 7.05 Å². The minimum Gasteiger partial charge on any atom is -0.449 e. The van der Waals surface area contributed by atoms with Crippen LogP contribution in [0.1, 0.15) is 42.7 Å². The van der Waals surface area contributed by atoms with Gasteiger partial charge in [-0.1, -0.05) is 32.0 Å². The van der Waals surface area contributed by atoms with Crippen LogP contribution in [0.3, 0.4) is 0 Å². The molecule has 0 saturated heterocycles. The second-order valence-electron chi connectivity index (χ2n) is 5.43. The Morgan fingerprint density at radius 2 is 1.86 bits per heavy atom. The number of para-hydroxylation sites is 1. The maximum absolute atomic E-state index is 12.4. The maximum atomic E-state index is 12.4. The molecule has 0 fully saturated rings. The molecule has 0 spiro atoms. The lowest BCUT2D eigenvalue weighted by Gasteiger charge is -2.14. The summed E-state index contributed by atoms with van der Waals surface area (Å²) in [6.45, 7) is 5.57. The highest BCUT2D eigenvalue weighted by Crippen LogP contribution is 2.23. The number of likely N-dealkylation sites (N-methyl/N-ethyl adjacent to an activating group) is 1. The smallest absolute Gasteiger partial charge is 0.339 e. The summed E-state index contributed by atoms with van der Waals surface area (Å²) in [6.07, 6.45) is -0.841. The minimum absolute atomic E-state index is 0.188. The molecule has 5 heteroatoms. The van der Waals surface area contributed by atoms with Crippen molar-refractivity contribution in [2.75, 3.05) is 7.05 Å². The highest BCUT2D eigenvalue weighted by Gasteiger charge is 2.20. The van der Waals surface area contributed by atoms with E-state index in [1.54, 1.807) is 13.0 Å². The molecular formula is C17H20N2O3. The third-order valence-corrected chi connectivity index (χ3v) is 3.45. The Bertz CT molecular complexity index is 710. The summed E-state index contributed by atoms with van der Waals surface area (Å²) in [5, 5.41) is 3.18. The van der Waals surface area contributed by atoms with Gasteiger partial charge in [-0.3, -0.25) is 9.78 Å². The first kappa shape index (κ1) is 15.9. The van der Waals surface area contributed by atoms with Gasteiger partial charge in [0.1, 0.15) is 0 Å². The van der Waals surface area contributed by atoms with Crippen LogP contribution in [0.15, 0.2) is 30.3 Å². The van der Waals surface area contributed by atoms with Crippen molar-refractivity contribution in [3.63, 3.8) is 0 Å². The van der Waals surface area contributed by atoms with E-state index in [1.807, 2.05) is 38.1 Å². The van der Waals surface area contributed by atoms with E-state index in [-0.39, 0.29) is 11.8 Å². The number of ether oxygens (including phenoxy) is 1. The van der Waals surface area contributed by atoms with E-state index < -0.39 is 12.1 Å². The topological polar surface area (TPSA) is 68.3 Å². The van der Waals surface area contributed by atoms with E-state index in [4.69, 9.17) is 4.74 Å². The van der Waals surface area contributed by atoms with Crippen LogP contribution in [0.4, 0.5) is 0 Å². The SMILES string of the molecule is CNC(=O)[C@H](C)OC(=O)c1cc(C(C)C)nc2ccccc12. The normalized spacial score (nSPS) is 12.2. The van der Waals surface area contributed by atoms with Gasteiger partial charge in [-0.25, -0.2) is 4.79 Å². The van der Waals surface area contributed by atoms with Gasteiger partial charge in [-0.05, 0) is 25.0 Å². The summed E-state index contributed by atoms with van der Waals surface area (Å²) in [5.74, 6) is -0.667. The predicted octanol–water partition coefficient (Wildman–Crippen LogP) is 2.65. The van der Waals surface area contributed by atoms with Crippen molar-refractivity contribution in [1.82, 2.24) is 10.3 Å². The molecule has 1 amide bonds. The Morgan fingerprint density at radius 3 is 2.50 bits per heavy atom. The lowest BCUT2D eigenvalue weighted by atomic mass is 10.0. The van der Waals surface area contributed by atoms with Crippen LogP contribution < -0.4 is 5.32 Å². The van der Waals surface area contributed by atoms with Gasteiger partial charge in [-0.2, -0.15) is 0 Å². The van der Waals surface area contributed by atoms with E-state index in [0.717, 1.165) is 16.6 Å². The fourth-order valence-corrected chi connectivity index (χ4v) is 2.14. The number of hydrogen-bond acceptors (Lipinski definition) is 4. The van der Waals surface area contributed by atoms with Crippen molar-refractivity contribution in [3.05, 3.63) is 41.6 Å². The molecule has 1 aromatic heterocycles. The number of carbonyl (C=O) groups excluding carboxylic acids is 2. The Labute approximate surface area is 129 Å². The molecule has 1 N–H and O–H groups in total. The predicted molar refractivity (Wildman–Crippen MR) is 84.8 cm³/mol. The van der Waals surface area contributed by atoms with Crippen molar-refractivity contribution in [2.24, 2.45) is 0 Å². The van der Waals surface area contributed by atoms with Crippen molar-refractivity contribution >= 4 is 22.8 Å². The Morgan fingerprint density at radius 1 is 1.18 bits per heavy atom. The number of rotatable bonds is 4. The largest absolute Gasteiger partial charge is 0.449 e. The van der Waals surface area contributed by atoms with Gasteiger partial charge in [0.2, 0.25) is 0 Å². The molecule has 0 radical (unpaired) electrons.